The van der Waals surface area contributed by atoms with Crippen molar-refractivity contribution in [3.05, 3.63) is 99.7 Å². The van der Waals surface area contributed by atoms with Crippen molar-refractivity contribution in [1.29, 1.82) is 5.26 Å². The summed E-state index contributed by atoms with van der Waals surface area (Å²) in [5.41, 5.74) is -3.86. The average molecular weight is 604 g/mol. The van der Waals surface area contributed by atoms with Crippen molar-refractivity contribution >= 4 is 34.4 Å². The molecule has 1 heterocycles. The zero-order chi connectivity index (χ0) is 31.0. The quantitative estimate of drug-likeness (QED) is 0.226. The van der Waals surface area contributed by atoms with Crippen LogP contribution < -0.4 is 5.32 Å². The van der Waals surface area contributed by atoms with Crippen molar-refractivity contribution in [2.24, 2.45) is 0 Å². The number of hydrogen-bond acceptors (Lipinski definition) is 5. The Kier molecular flexibility index (Phi) is 8.20. The number of halogens is 6. The van der Waals surface area contributed by atoms with E-state index in [1.807, 2.05) is 11.4 Å². The smallest absolute Gasteiger partial charge is 0.421 e. The number of alkyl halides is 3. The van der Waals surface area contributed by atoms with Crippen LogP contribution in [0.5, 0.6) is 0 Å². The van der Waals surface area contributed by atoms with E-state index in [1.54, 1.807) is 36.4 Å². The van der Waals surface area contributed by atoms with Crippen LogP contribution in [0.15, 0.2) is 60.8 Å². The van der Waals surface area contributed by atoms with E-state index < -0.39 is 52.5 Å². The van der Waals surface area contributed by atoms with Gasteiger partial charge in [-0.25, -0.2) is 13.6 Å². The average Bonchev–Trinajstić information content (AvgIpc) is 2.91. The number of carboxylic acids is 1. The fraction of sp³-hybridized carbons (Fsp3) is 0.172. The van der Waals surface area contributed by atoms with Crippen LogP contribution in [0.3, 0.4) is 0 Å². The van der Waals surface area contributed by atoms with Gasteiger partial charge in [-0.1, -0.05) is 35.9 Å². The van der Waals surface area contributed by atoms with Crippen LogP contribution in [-0.2, 0) is 16.8 Å². The number of carbonyl (C=O) groups is 2. The van der Waals surface area contributed by atoms with Gasteiger partial charge in [0.1, 0.15) is 23.2 Å². The number of carboxylic acid groups (broad SMARTS) is 1. The number of rotatable bonds is 7. The summed E-state index contributed by atoms with van der Waals surface area (Å²) in [6, 6.07) is 11.7. The van der Waals surface area contributed by atoms with E-state index in [0.717, 1.165) is 0 Å². The lowest BCUT2D eigenvalue weighted by molar-refractivity contribution is -0.259. The van der Waals surface area contributed by atoms with Gasteiger partial charge in [-0.3, -0.25) is 9.78 Å². The first-order chi connectivity index (χ1) is 19.7. The molecule has 7 nitrogen and oxygen atoms in total. The summed E-state index contributed by atoms with van der Waals surface area (Å²) in [4.78, 5) is 29.2. The fourth-order valence-corrected chi connectivity index (χ4v) is 4.60. The fourth-order valence-electron chi connectivity index (χ4n) is 4.32. The van der Waals surface area contributed by atoms with Crippen molar-refractivity contribution in [2.45, 2.75) is 31.2 Å². The molecule has 0 bridgehead atoms. The molecular formula is C29H19ClF5N3O4. The Hall–Kier alpha value is -4.60. The Morgan fingerprint density at radius 1 is 1.07 bits per heavy atom. The zero-order valence-corrected chi connectivity index (χ0v) is 22.2. The molecule has 1 unspecified atom stereocenters. The van der Waals surface area contributed by atoms with Crippen molar-refractivity contribution in [1.82, 2.24) is 10.3 Å². The van der Waals surface area contributed by atoms with Gasteiger partial charge < -0.3 is 15.5 Å². The number of aromatic nitrogens is 1. The zero-order valence-electron chi connectivity index (χ0n) is 21.4. The third kappa shape index (κ3) is 5.74. The van der Waals surface area contributed by atoms with Gasteiger partial charge in [0.25, 0.3) is 5.91 Å². The second-order valence-corrected chi connectivity index (χ2v) is 9.84. The number of benzene rings is 3. The first-order valence-corrected chi connectivity index (χ1v) is 12.4. The molecule has 3 N–H and O–H groups in total. The molecule has 216 valence electrons. The van der Waals surface area contributed by atoms with E-state index in [0.29, 0.717) is 40.1 Å². The van der Waals surface area contributed by atoms with Crippen molar-refractivity contribution < 1.29 is 41.8 Å². The summed E-state index contributed by atoms with van der Waals surface area (Å²) in [5.74, 6) is -6.54. The highest BCUT2D eigenvalue weighted by Crippen LogP contribution is 2.39. The second-order valence-electron chi connectivity index (χ2n) is 9.43. The maximum Gasteiger partial charge on any atom is 0.421 e. The van der Waals surface area contributed by atoms with Gasteiger partial charge in [-0.05, 0) is 48.4 Å². The topological polar surface area (TPSA) is 123 Å². The number of aliphatic carboxylic acids is 1. The van der Waals surface area contributed by atoms with E-state index in [9.17, 15) is 41.8 Å². The summed E-state index contributed by atoms with van der Waals surface area (Å²) < 4.78 is 68.8. The maximum absolute atomic E-state index is 14.7. The van der Waals surface area contributed by atoms with E-state index in [4.69, 9.17) is 16.9 Å². The number of carbonyl (C=O) groups excluding carboxylic acids is 1. The second kappa shape index (κ2) is 11.3. The minimum atomic E-state index is -5.28. The molecule has 0 radical (unpaired) electrons. The standard InChI is InChI=1S/C29H19ClF5N3O4/c1-28(42,29(33,34)35)16-11-21(31)24(22(32)12-16)26(39)38-23(27(40)41)10-15-5-7-19(25-17(15)3-2-8-37-25)18-6-4-14(13-36)9-20(18)30/h2-9,11-12,23,42H,10H2,1H3,(H,38,39)(H,40,41)/t23-,28?/m0/s1. The lowest BCUT2D eigenvalue weighted by Gasteiger charge is -2.27. The molecule has 1 amide bonds. The highest BCUT2D eigenvalue weighted by atomic mass is 35.5. The third-order valence-corrected chi connectivity index (χ3v) is 6.97. The van der Waals surface area contributed by atoms with Gasteiger partial charge in [0.05, 0.1) is 17.1 Å². The highest BCUT2D eigenvalue weighted by Gasteiger charge is 2.51. The van der Waals surface area contributed by atoms with E-state index in [-0.39, 0.29) is 23.6 Å². The number of nitrogens with zero attached hydrogens (tertiary/aromatic N) is 2. The van der Waals surface area contributed by atoms with Gasteiger partial charge in [-0.2, -0.15) is 18.4 Å². The molecule has 3 aromatic carbocycles. The van der Waals surface area contributed by atoms with E-state index >= 15 is 0 Å². The molecule has 0 saturated carbocycles. The Labute approximate surface area is 239 Å². The number of hydrogen-bond donors (Lipinski definition) is 3. The largest absolute Gasteiger partial charge is 0.480 e. The Balaban J connectivity index is 1.67. The minimum absolute atomic E-state index is 0.160. The van der Waals surface area contributed by atoms with E-state index in [1.165, 1.54) is 12.3 Å². The van der Waals surface area contributed by atoms with Crippen LogP contribution in [0.1, 0.15) is 34.0 Å². The van der Waals surface area contributed by atoms with Gasteiger partial charge in [0, 0.05) is 34.2 Å². The number of fused-ring (bicyclic) bond motifs is 1. The van der Waals surface area contributed by atoms with Crippen LogP contribution in [-0.4, -0.2) is 39.3 Å². The summed E-state index contributed by atoms with van der Waals surface area (Å²) in [6.45, 7) is 0.293. The Bertz CT molecular complexity index is 1750. The van der Waals surface area contributed by atoms with Crippen molar-refractivity contribution in [2.75, 3.05) is 0 Å². The lowest BCUT2D eigenvalue weighted by atomic mass is 9.93. The molecule has 0 aliphatic carbocycles. The van der Waals surface area contributed by atoms with Crippen LogP contribution in [0.25, 0.3) is 22.0 Å². The molecule has 4 aromatic rings. The predicted molar refractivity (Wildman–Crippen MR) is 141 cm³/mol. The van der Waals surface area contributed by atoms with Gasteiger partial charge in [0.15, 0.2) is 5.60 Å². The first kappa shape index (κ1) is 30.4. The van der Waals surface area contributed by atoms with Crippen molar-refractivity contribution in [3.63, 3.8) is 0 Å². The molecular weight excluding hydrogens is 585 g/mol. The molecule has 0 saturated heterocycles. The van der Waals surface area contributed by atoms with Crippen molar-refractivity contribution in [3.8, 4) is 17.2 Å². The van der Waals surface area contributed by atoms with Crippen LogP contribution in [0, 0.1) is 23.0 Å². The molecule has 0 aliphatic rings. The summed E-state index contributed by atoms with van der Waals surface area (Å²) in [7, 11) is 0. The molecule has 13 heteroatoms. The summed E-state index contributed by atoms with van der Waals surface area (Å²) >= 11 is 6.37. The molecule has 0 fully saturated rings. The maximum atomic E-state index is 14.7. The van der Waals surface area contributed by atoms with Gasteiger partial charge in [0.2, 0.25) is 0 Å². The predicted octanol–water partition coefficient (Wildman–Crippen LogP) is 5.90. The molecule has 4 rings (SSSR count). The lowest BCUT2D eigenvalue weighted by Crippen LogP contribution is -2.43. The van der Waals surface area contributed by atoms with Crippen LogP contribution in [0.2, 0.25) is 5.02 Å². The first-order valence-electron chi connectivity index (χ1n) is 12.0. The molecule has 0 aliphatic heterocycles. The van der Waals surface area contributed by atoms with Crippen LogP contribution in [0.4, 0.5) is 22.0 Å². The minimum Gasteiger partial charge on any atom is -0.480 e. The molecule has 42 heavy (non-hydrogen) atoms. The SMILES string of the molecule is CC(O)(c1cc(F)c(C(=O)N[C@@H](Cc2ccc(-c3ccc(C#N)cc3Cl)c3ncccc23)C(=O)O)c(F)c1)C(F)(F)F. The monoisotopic (exact) mass is 603 g/mol. The summed E-state index contributed by atoms with van der Waals surface area (Å²) in [5, 5.41) is 31.4. The highest BCUT2D eigenvalue weighted by molar-refractivity contribution is 6.33. The number of amides is 1. The van der Waals surface area contributed by atoms with E-state index in [2.05, 4.69) is 4.98 Å². The van der Waals surface area contributed by atoms with Crippen LogP contribution >= 0.6 is 11.6 Å². The van der Waals surface area contributed by atoms with Gasteiger partial charge >= 0.3 is 12.1 Å². The normalized spacial score (nSPS) is 13.7. The molecule has 2 atom stereocenters. The molecule has 1 aromatic heterocycles. The van der Waals surface area contributed by atoms with Gasteiger partial charge in [-0.15, -0.1) is 0 Å². The number of nitrogens with one attached hydrogen (secondary N) is 1. The Morgan fingerprint density at radius 2 is 1.71 bits per heavy atom. The number of nitriles is 1. The Morgan fingerprint density at radius 3 is 2.29 bits per heavy atom. The molecule has 0 spiro atoms. The summed E-state index contributed by atoms with van der Waals surface area (Å²) in [6.07, 6.45) is -4.15. The number of aliphatic hydroxyl groups is 1. The number of pyridine rings is 1. The third-order valence-electron chi connectivity index (χ3n) is 6.66.